The first-order chi connectivity index (χ1) is 9.99. The predicted octanol–water partition coefficient (Wildman–Crippen LogP) is 3.98. The highest BCUT2D eigenvalue weighted by atomic mass is 19.4. The Hall–Kier alpha value is -1.47. The van der Waals surface area contributed by atoms with E-state index in [-0.39, 0.29) is 0 Å². The normalized spacial score (nSPS) is 17.6. The zero-order chi connectivity index (χ0) is 15.3. The Bertz CT molecular complexity index is 493. The van der Waals surface area contributed by atoms with Crippen LogP contribution in [0.1, 0.15) is 30.4 Å². The van der Waals surface area contributed by atoms with E-state index < -0.39 is 11.7 Å². The quantitative estimate of drug-likeness (QED) is 0.759. The van der Waals surface area contributed by atoms with E-state index in [0.717, 1.165) is 44.0 Å². The number of hydrogen-bond acceptors (Lipinski definition) is 1. The number of hydrogen-bond donors (Lipinski definition) is 0. The molecule has 1 nitrogen and oxygen atoms in total. The maximum atomic E-state index is 12.7. The minimum absolute atomic E-state index is 0.552. The van der Waals surface area contributed by atoms with Crippen LogP contribution >= 0.6 is 0 Å². The number of likely N-dealkylation sites (tertiary alicyclic amines) is 1. The minimum Gasteiger partial charge on any atom is -0.292 e. The first-order valence-corrected chi connectivity index (χ1v) is 7.31. The lowest BCUT2D eigenvalue weighted by atomic mass is 9.90. The van der Waals surface area contributed by atoms with E-state index in [9.17, 15) is 13.2 Å². The molecule has 1 heterocycles. The van der Waals surface area contributed by atoms with Gasteiger partial charge in [0.1, 0.15) is 0 Å². The van der Waals surface area contributed by atoms with Crippen LogP contribution in [0.2, 0.25) is 0 Å². The van der Waals surface area contributed by atoms with Gasteiger partial charge in [0, 0.05) is 0 Å². The molecule has 2 rings (SSSR count). The van der Waals surface area contributed by atoms with Gasteiger partial charge >= 0.3 is 6.18 Å². The topological polar surface area (TPSA) is 3.24 Å². The monoisotopic (exact) mass is 295 g/mol. The largest absolute Gasteiger partial charge is 0.416 e. The number of aryl methyl sites for hydroxylation is 1. The Labute approximate surface area is 124 Å². The van der Waals surface area contributed by atoms with Gasteiger partial charge in [-0.1, -0.05) is 24.1 Å². The summed E-state index contributed by atoms with van der Waals surface area (Å²) in [5.41, 5.74) is 0.222. The molecule has 0 aromatic heterocycles. The second-order valence-electron chi connectivity index (χ2n) is 5.66. The molecule has 1 aromatic carbocycles. The van der Waals surface area contributed by atoms with Gasteiger partial charge in [0.05, 0.1) is 12.1 Å². The second kappa shape index (κ2) is 7.00. The number of alkyl halides is 3. The van der Waals surface area contributed by atoms with E-state index in [2.05, 4.69) is 10.8 Å². The summed E-state index contributed by atoms with van der Waals surface area (Å²) in [6.07, 6.45) is 4.87. The van der Waals surface area contributed by atoms with Crippen LogP contribution in [0.4, 0.5) is 13.2 Å². The summed E-state index contributed by atoms with van der Waals surface area (Å²) >= 11 is 0. The molecule has 0 saturated carbocycles. The summed E-state index contributed by atoms with van der Waals surface area (Å²) in [7, 11) is 0. The molecule has 1 fully saturated rings. The number of benzene rings is 1. The van der Waals surface area contributed by atoms with Gasteiger partial charge in [0.2, 0.25) is 0 Å². The Morgan fingerprint density at radius 1 is 1.24 bits per heavy atom. The second-order valence-corrected chi connectivity index (χ2v) is 5.66. The molecule has 0 spiro atoms. The molecular weight excluding hydrogens is 275 g/mol. The van der Waals surface area contributed by atoms with Crippen molar-refractivity contribution >= 4 is 0 Å². The zero-order valence-corrected chi connectivity index (χ0v) is 12.0. The van der Waals surface area contributed by atoms with Crippen molar-refractivity contribution in [3.05, 3.63) is 35.4 Å². The Balaban J connectivity index is 1.83. The zero-order valence-electron chi connectivity index (χ0n) is 12.0. The van der Waals surface area contributed by atoms with Crippen LogP contribution in [0.15, 0.2) is 24.3 Å². The Morgan fingerprint density at radius 2 is 1.95 bits per heavy atom. The van der Waals surface area contributed by atoms with E-state index in [4.69, 9.17) is 6.42 Å². The van der Waals surface area contributed by atoms with Gasteiger partial charge in [0.25, 0.3) is 0 Å². The van der Waals surface area contributed by atoms with Crippen LogP contribution in [0.3, 0.4) is 0 Å². The van der Waals surface area contributed by atoms with E-state index in [0.29, 0.717) is 18.9 Å². The highest BCUT2D eigenvalue weighted by Crippen LogP contribution is 2.30. The van der Waals surface area contributed by atoms with Gasteiger partial charge in [-0.3, -0.25) is 4.90 Å². The molecule has 0 aliphatic carbocycles. The van der Waals surface area contributed by atoms with Crippen molar-refractivity contribution in [2.24, 2.45) is 5.92 Å². The summed E-state index contributed by atoms with van der Waals surface area (Å²) in [5.74, 6) is 3.24. The van der Waals surface area contributed by atoms with Crippen LogP contribution in [0.25, 0.3) is 0 Å². The summed E-state index contributed by atoms with van der Waals surface area (Å²) in [6.45, 7) is 2.69. The van der Waals surface area contributed by atoms with Crippen molar-refractivity contribution in [3.8, 4) is 12.3 Å². The van der Waals surface area contributed by atoms with Gasteiger partial charge in [0.15, 0.2) is 0 Å². The van der Waals surface area contributed by atoms with Crippen LogP contribution in [-0.2, 0) is 12.6 Å². The van der Waals surface area contributed by atoms with Gasteiger partial charge in [-0.15, -0.1) is 6.42 Å². The Kier molecular flexibility index (Phi) is 5.30. The molecule has 1 aromatic rings. The molecule has 0 unspecified atom stereocenters. The molecule has 0 atom stereocenters. The summed E-state index contributed by atoms with van der Waals surface area (Å²) in [4.78, 5) is 2.25. The summed E-state index contributed by atoms with van der Waals surface area (Å²) < 4.78 is 38.0. The van der Waals surface area contributed by atoms with Gasteiger partial charge < -0.3 is 0 Å². The maximum absolute atomic E-state index is 12.7. The maximum Gasteiger partial charge on any atom is 0.416 e. The third kappa shape index (κ3) is 4.78. The lowest BCUT2D eigenvalue weighted by Crippen LogP contribution is -2.34. The summed E-state index contributed by atoms with van der Waals surface area (Å²) in [5, 5.41) is 0. The lowest BCUT2D eigenvalue weighted by Gasteiger charge is -2.30. The number of halogens is 3. The third-order valence-electron chi connectivity index (χ3n) is 4.12. The molecule has 0 N–H and O–H groups in total. The van der Waals surface area contributed by atoms with Gasteiger partial charge in [-0.2, -0.15) is 13.2 Å². The van der Waals surface area contributed by atoms with E-state index in [1.807, 2.05) is 0 Å². The number of terminal acetylenes is 1. The molecule has 21 heavy (non-hydrogen) atoms. The predicted molar refractivity (Wildman–Crippen MR) is 77.8 cm³/mol. The summed E-state index contributed by atoms with van der Waals surface area (Å²) in [6, 6.07) is 5.67. The van der Waals surface area contributed by atoms with E-state index in [1.54, 1.807) is 6.07 Å². The SMILES string of the molecule is C#CCN1CCC(CCc2cccc(C(F)(F)F)c2)CC1. The van der Waals surface area contributed by atoms with Crippen molar-refractivity contribution in [2.75, 3.05) is 19.6 Å². The Morgan fingerprint density at radius 3 is 2.57 bits per heavy atom. The van der Waals surface area contributed by atoms with Crippen LogP contribution in [-0.4, -0.2) is 24.5 Å². The molecule has 114 valence electrons. The van der Waals surface area contributed by atoms with Crippen LogP contribution < -0.4 is 0 Å². The number of nitrogens with zero attached hydrogens (tertiary/aromatic N) is 1. The van der Waals surface area contributed by atoms with E-state index >= 15 is 0 Å². The molecule has 1 saturated heterocycles. The smallest absolute Gasteiger partial charge is 0.292 e. The highest BCUT2D eigenvalue weighted by molar-refractivity contribution is 5.25. The van der Waals surface area contributed by atoms with Gasteiger partial charge in [-0.25, -0.2) is 0 Å². The molecule has 0 bridgehead atoms. The molecule has 1 aliphatic heterocycles. The lowest BCUT2D eigenvalue weighted by molar-refractivity contribution is -0.137. The van der Waals surface area contributed by atoms with Crippen molar-refractivity contribution in [3.63, 3.8) is 0 Å². The van der Waals surface area contributed by atoms with Crippen molar-refractivity contribution in [1.29, 1.82) is 0 Å². The average molecular weight is 295 g/mol. The molecule has 0 radical (unpaired) electrons. The molecular formula is C17H20F3N. The first-order valence-electron chi connectivity index (χ1n) is 7.31. The highest BCUT2D eigenvalue weighted by Gasteiger charge is 2.30. The van der Waals surface area contributed by atoms with Crippen molar-refractivity contribution in [2.45, 2.75) is 31.9 Å². The molecule has 4 heteroatoms. The average Bonchev–Trinajstić information content (AvgIpc) is 2.46. The number of rotatable bonds is 4. The van der Waals surface area contributed by atoms with E-state index in [1.165, 1.54) is 12.1 Å². The first kappa shape index (κ1) is 15.9. The van der Waals surface area contributed by atoms with Crippen LogP contribution in [0.5, 0.6) is 0 Å². The molecule has 0 amide bonds. The third-order valence-corrected chi connectivity index (χ3v) is 4.12. The minimum atomic E-state index is -4.25. The fourth-order valence-corrected chi connectivity index (χ4v) is 2.84. The fourth-order valence-electron chi connectivity index (χ4n) is 2.84. The van der Waals surface area contributed by atoms with Crippen molar-refractivity contribution in [1.82, 2.24) is 4.90 Å². The standard InChI is InChI=1S/C17H20F3N/c1-2-10-21-11-8-14(9-12-21)6-7-15-4-3-5-16(13-15)17(18,19)20/h1,3-5,13-14H,6-12H2. The number of piperidine rings is 1. The van der Waals surface area contributed by atoms with Crippen molar-refractivity contribution < 1.29 is 13.2 Å². The fraction of sp³-hybridized carbons (Fsp3) is 0.529. The van der Waals surface area contributed by atoms with Gasteiger partial charge in [-0.05, 0) is 56.3 Å². The molecule has 1 aliphatic rings. The van der Waals surface area contributed by atoms with Crippen LogP contribution in [0, 0.1) is 18.3 Å².